The molecule has 6 nitrogen and oxygen atoms in total. The van der Waals surface area contributed by atoms with Gasteiger partial charge in [0.2, 0.25) is 5.91 Å². The molecule has 1 unspecified atom stereocenters. The lowest BCUT2D eigenvalue weighted by atomic mass is 10.1. The largest absolute Gasteiger partial charge is 0.366 e. The van der Waals surface area contributed by atoms with Crippen LogP contribution in [-0.4, -0.2) is 73.6 Å². The van der Waals surface area contributed by atoms with Crippen molar-refractivity contribution < 1.29 is 14.3 Å². The Kier molecular flexibility index (Phi) is 4.76. The number of ether oxygens (including phenoxy) is 1. The maximum absolute atomic E-state index is 12.2. The average Bonchev–Trinajstić information content (AvgIpc) is 2.46. The second-order valence-electron chi connectivity index (χ2n) is 5.37. The van der Waals surface area contributed by atoms with Crippen LogP contribution < -0.4 is 5.32 Å². The molecule has 2 saturated heterocycles. The van der Waals surface area contributed by atoms with E-state index in [-0.39, 0.29) is 23.8 Å². The molecule has 0 spiro atoms. The van der Waals surface area contributed by atoms with E-state index in [1.807, 2.05) is 23.6 Å². The minimum absolute atomic E-state index is 0.0214. The molecule has 2 rings (SSSR count). The van der Waals surface area contributed by atoms with E-state index >= 15 is 0 Å². The molecule has 0 radical (unpaired) electrons. The number of piperazine rings is 1. The Hall–Kier alpha value is -1.14. The van der Waals surface area contributed by atoms with Gasteiger partial charge in [0, 0.05) is 45.2 Å². The minimum Gasteiger partial charge on any atom is -0.366 e. The number of nitrogens with one attached hydrogen (secondary N) is 1. The predicted octanol–water partition coefficient (Wildman–Crippen LogP) is -0.698. The second kappa shape index (κ2) is 6.34. The van der Waals surface area contributed by atoms with Gasteiger partial charge in [-0.2, -0.15) is 0 Å². The Balaban J connectivity index is 1.82. The molecule has 0 aromatic carbocycles. The molecule has 2 aliphatic heterocycles. The van der Waals surface area contributed by atoms with Gasteiger partial charge in [0.1, 0.15) is 6.10 Å². The van der Waals surface area contributed by atoms with E-state index in [4.69, 9.17) is 4.74 Å². The first-order chi connectivity index (χ1) is 9.09. The standard InChI is InChI=1S/C13H23N3O3/c1-10(2)12(17)15-4-6-16(7-5-15)13(18)11-9-14-3-8-19-11/h10-11,14H,3-9H2,1-2H3. The molecule has 108 valence electrons. The smallest absolute Gasteiger partial charge is 0.253 e. The normalized spacial score (nSPS) is 24.7. The molecule has 19 heavy (non-hydrogen) atoms. The Morgan fingerprint density at radius 1 is 1.16 bits per heavy atom. The maximum Gasteiger partial charge on any atom is 0.253 e. The Bertz CT molecular complexity index is 332. The summed E-state index contributed by atoms with van der Waals surface area (Å²) >= 11 is 0. The fraction of sp³-hybridized carbons (Fsp3) is 0.846. The number of nitrogens with zero attached hydrogens (tertiary/aromatic N) is 2. The van der Waals surface area contributed by atoms with Crippen LogP contribution in [0.15, 0.2) is 0 Å². The third-order valence-electron chi connectivity index (χ3n) is 3.60. The summed E-state index contributed by atoms with van der Waals surface area (Å²) in [6.45, 7) is 8.26. The van der Waals surface area contributed by atoms with Crippen molar-refractivity contribution in [3.8, 4) is 0 Å². The van der Waals surface area contributed by atoms with E-state index in [0.29, 0.717) is 39.3 Å². The summed E-state index contributed by atoms with van der Waals surface area (Å²) in [5.74, 6) is 0.236. The van der Waals surface area contributed by atoms with Crippen LogP contribution in [0.2, 0.25) is 0 Å². The van der Waals surface area contributed by atoms with Crippen LogP contribution in [0, 0.1) is 5.92 Å². The molecule has 0 saturated carbocycles. The third kappa shape index (κ3) is 3.45. The maximum atomic E-state index is 12.2. The first-order valence-corrected chi connectivity index (χ1v) is 6.99. The van der Waals surface area contributed by atoms with Crippen LogP contribution in [0.5, 0.6) is 0 Å². The van der Waals surface area contributed by atoms with Gasteiger partial charge in [0.05, 0.1) is 6.61 Å². The van der Waals surface area contributed by atoms with Gasteiger partial charge in [-0.15, -0.1) is 0 Å². The molecule has 0 aliphatic carbocycles. The molecule has 1 N–H and O–H groups in total. The van der Waals surface area contributed by atoms with Gasteiger partial charge in [-0.3, -0.25) is 9.59 Å². The van der Waals surface area contributed by atoms with Gasteiger partial charge in [0.25, 0.3) is 5.91 Å². The molecule has 1 atom stereocenters. The summed E-state index contributed by atoms with van der Waals surface area (Å²) in [5, 5.41) is 3.16. The van der Waals surface area contributed by atoms with Crippen molar-refractivity contribution in [2.24, 2.45) is 5.92 Å². The summed E-state index contributed by atoms with van der Waals surface area (Å²) in [6.07, 6.45) is -0.360. The number of carbonyl (C=O) groups is 2. The zero-order chi connectivity index (χ0) is 13.8. The zero-order valence-electron chi connectivity index (χ0n) is 11.7. The lowest BCUT2D eigenvalue weighted by Gasteiger charge is -2.37. The zero-order valence-corrected chi connectivity index (χ0v) is 11.7. The number of morpholine rings is 1. The molecular weight excluding hydrogens is 246 g/mol. The first kappa shape index (κ1) is 14.3. The van der Waals surface area contributed by atoms with Crippen LogP contribution in [0.3, 0.4) is 0 Å². The fourth-order valence-corrected chi connectivity index (χ4v) is 2.44. The summed E-state index contributed by atoms with van der Waals surface area (Å²) in [6, 6.07) is 0. The molecule has 2 fully saturated rings. The summed E-state index contributed by atoms with van der Waals surface area (Å²) in [5.41, 5.74) is 0. The fourth-order valence-electron chi connectivity index (χ4n) is 2.44. The molecule has 2 amide bonds. The number of hydrogen-bond donors (Lipinski definition) is 1. The summed E-state index contributed by atoms with van der Waals surface area (Å²) in [7, 11) is 0. The van der Waals surface area contributed by atoms with E-state index < -0.39 is 0 Å². The lowest BCUT2D eigenvalue weighted by molar-refractivity contribution is -0.150. The van der Waals surface area contributed by atoms with Crippen molar-refractivity contribution in [3.63, 3.8) is 0 Å². The highest BCUT2D eigenvalue weighted by atomic mass is 16.5. The van der Waals surface area contributed by atoms with Crippen LogP contribution in [0.25, 0.3) is 0 Å². The van der Waals surface area contributed by atoms with E-state index in [2.05, 4.69) is 5.32 Å². The number of amides is 2. The van der Waals surface area contributed by atoms with Crippen LogP contribution >= 0.6 is 0 Å². The quantitative estimate of drug-likeness (QED) is 0.720. The first-order valence-electron chi connectivity index (χ1n) is 6.99. The topological polar surface area (TPSA) is 61.9 Å². The lowest BCUT2D eigenvalue weighted by Crippen LogP contribution is -2.56. The monoisotopic (exact) mass is 269 g/mol. The molecule has 2 heterocycles. The highest BCUT2D eigenvalue weighted by Gasteiger charge is 2.30. The Labute approximate surface area is 114 Å². The van der Waals surface area contributed by atoms with Crippen LogP contribution in [0.4, 0.5) is 0 Å². The van der Waals surface area contributed by atoms with Gasteiger partial charge in [-0.05, 0) is 0 Å². The average molecular weight is 269 g/mol. The van der Waals surface area contributed by atoms with E-state index in [0.717, 1.165) is 6.54 Å². The predicted molar refractivity (Wildman–Crippen MR) is 70.6 cm³/mol. The van der Waals surface area contributed by atoms with Crippen molar-refractivity contribution in [2.45, 2.75) is 20.0 Å². The molecule has 0 aromatic heterocycles. The minimum atomic E-state index is -0.360. The highest BCUT2D eigenvalue weighted by molar-refractivity contribution is 5.82. The summed E-state index contributed by atoms with van der Waals surface area (Å²) in [4.78, 5) is 27.7. The van der Waals surface area contributed by atoms with Crippen molar-refractivity contribution in [1.82, 2.24) is 15.1 Å². The van der Waals surface area contributed by atoms with Crippen molar-refractivity contribution in [3.05, 3.63) is 0 Å². The Morgan fingerprint density at radius 3 is 2.32 bits per heavy atom. The van der Waals surface area contributed by atoms with Gasteiger partial charge in [-0.1, -0.05) is 13.8 Å². The SMILES string of the molecule is CC(C)C(=O)N1CCN(C(=O)C2CNCCO2)CC1. The van der Waals surface area contributed by atoms with Gasteiger partial charge in [0.15, 0.2) is 0 Å². The number of hydrogen-bond acceptors (Lipinski definition) is 4. The second-order valence-corrected chi connectivity index (χ2v) is 5.37. The molecule has 6 heteroatoms. The van der Waals surface area contributed by atoms with Crippen LogP contribution in [0.1, 0.15) is 13.8 Å². The molecule has 0 aromatic rings. The van der Waals surface area contributed by atoms with E-state index in [1.165, 1.54) is 0 Å². The van der Waals surface area contributed by atoms with Crippen molar-refractivity contribution in [2.75, 3.05) is 45.9 Å². The number of carbonyl (C=O) groups excluding carboxylic acids is 2. The molecule has 2 aliphatic rings. The van der Waals surface area contributed by atoms with Gasteiger partial charge < -0.3 is 19.9 Å². The van der Waals surface area contributed by atoms with Gasteiger partial charge in [-0.25, -0.2) is 0 Å². The van der Waals surface area contributed by atoms with E-state index in [9.17, 15) is 9.59 Å². The molecule has 0 bridgehead atoms. The van der Waals surface area contributed by atoms with Crippen LogP contribution in [-0.2, 0) is 14.3 Å². The van der Waals surface area contributed by atoms with E-state index in [1.54, 1.807) is 0 Å². The van der Waals surface area contributed by atoms with Gasteiger partial charge >= 0.3 is 0 Å². The number of rotatable bonds is 2. The third-order valence-corrected chi connectivity index (χ3v) is 3.60. The van der Waals surface area contributed by atoms with Crippen molar-refractivity contribution in [1.29, 1.82) is 0 Å². The van der Waals surface area contributed by atoms with Crippen molar-refractivity contribution >= 4 is 11.8 Å². The molecular formula is C13H23N3O3. The Morgan fingerprint density at radius 2 is 1.79 bits per heavy atom. The summed E-state index contributed by atoms with van der Waals surface area (Å²) < 4.78 is 5.47. The highest BCUT2D eigenvalue weighted by Crippen LogP contribution is 2.10.